The van der Waals surface area contributed by atoms with E-state index in [4.69, 9.17) is 0 Å². The van der Waals surface area contributed by atoms with Gasteiger partial charge in [0.05, 0.1) is 0 Å². The fraction of sp³-hybridized carbons (Fsp3) is 0.125. The monoisotopic (exact) mass is 304 g/mol. The summed E-state index contributed by atoms with van der Waals surface area (Å²) in [4.78, 5) is 22.8. The summed E-state index contributed by atoms with van der Waals surface area (Å²) in [6.45, 7) is 1.75. The van der Waals surface area contributed by atoms with Crippen LogP contribution in [0.15, 0.2) is 42.5 Å². The predicted octanol–water partition coefficient (Wildman–Crippen LogP) is 2.85. The van der Waals surface area contributed by atoms with Gasteiger partial charge in [-0.3, -0.25) is 9.59 Å². The third-order valence-electron chi connectivity index (χ3n) is 2.96. The summed E-state index contributed by atoms with van der Waals surface area (Å²) < 4.78 is 26.9. The molecule has 0 aliphatic rings. The molecule has 2 N–H and O–H groups in total. The minimum atomic E-state index is -0.837. The van der Waals surface area contributed by atoms with E-state index < -0.39 is 23.2 Å². The normalized spacial score (nSPS) is 10.1. The number of para-hydroxylation sites is 1. The van der Waals surface area contributed by atoms with Crippen LogP contribution >= 0.6 is 0 Å². The van der Waals surface area contributed by atoms with Crippen LogP contribution in [-0.4, -0.2) is 11.8 Å². The molecule has 6 heteroatoms. The number of benzene rings is 2. The minimum Gasteiger partial charge on any atom is -0.352 e. The van der Waals surface area contributed by atoms with Crippen LogP contribution in [0.5, 0.6) is 0 Å². The van der Waals surface area contributed by atoms with Gasteiger partial charge in [-0.25, -0.2) is 8.78 Å². The van der Waals surface area contributed by atoms with E-state index in [9.17, 15) is 18.4 Å². The van der Waals surface area contributed by atoms with Gasteiger partial charge >= 0.3 is 0 Å². The van der Waals surface area contributed by atoms with Crippen LogP contribution in [0.1, 0.15) is 22.8 Å². The van der Waals surface area contributed by atoms with E-state index in [0.717, 1.165) is 17.7 Å². The smallest absolute Gasteiger partial charge is 0.255 e. The molecule has 0 atom stereocenters. The van der Waals surface area contributed by atoms with Crippen LogP contribution in [-0.2, 0) is 11.3 Å². The number of nitrogens with one attached hydrogen (secondary N) is 2. The molecule has 0 fully saturated rings. The van der Waals surface area contributed by atoms with E-state index in [0.29, 0.717) is 6.54 Å². The fourth-order valence-corrected chi connectivity index (χ4v) is 1.80. The summed E-state index contributed by atoms with van der Waals surface area (Å²) in [5, 5.41) is 4.83. The molecular weight excluding hydrogens is 290 g/mol. The number of halogens is 2. The first-order chi connectivity index (χ1) is 10.5. The average molecular weight is 304 g/mol. The van der Waals surface area contributed by atoms with Crippen molar-refractivity contribution >= 4 is 17.5 Å². The van der Waals surface area contributed by atoms with E-state index in [1.54, 1.807) is 12.1 Å². The van der Waals surface area contributed by atoms with Gasteiger partial charge in [-0.05, 0) is 29.8 Å². The van der Waals surface area contributed by atoms with Gasteiger partial charge in [-0.1, -0.05) is 18.2 Å². The Morgan fingerprint density at radius 3 is 2.14 bits per heavy atom. The first-order valence-electron chi connectivity index (χ1n) is 6.56. The van der Waals surface area contributed by atoms with Crippen molar-refractivity contribution < 1.29 is 18.4 Å². The van der Waals surface area contributed by atoms with Crippen LogP contribution in [0.3, 0.4) is 0 Å². The highest BCUT2D eigenvalue weighted by molar-refractivity contribution is 6.04. The van der Waals surface area contributed by atoms with Gasteiger partial charge in [0.1, 0.15) is 17.3 Å². The van der Waals surface area contributed by atoms with Crippen molar-refractivity contribution in [2.24, 2.45) is 0 Å². The van der Waals surface area contributed by atoms with Crippen LogP contribution < -0.4 is 10.6 Å². The fourth-order valence-electron chi connectivity index (χ4n) is 1.80. The highest BCUT2D eigenvalue weighted by atomic mass is 19.1. The van der Waals surface area contributed by atoms with Crippen molar-refractivity contribution in [3.63, 3.8) is 0 Å². The molecule has 114 valence electrons. The summed E-state index contributed by atoms with van der Waals surface area (Å²) in [5.41, 5.74) is 0.591. The Hall–Kier alpha value is -2.76. The molecular formula is C16H14F2N2O2. The van der Waals surface area contributed by atoms with E-state index in [1.807, 2.05) is 0 Å². The molecule has 2 rings (SSSR count). The molecule has 2 amide bonds. The van der Waals surface area contributed by atoms with E-state index in [1.165, 1.54) is 25.1 Å². The van der Waals surface area contributed by atoms with Crippen LogP contribution in [0.2, 0.25) is 0 Å². The Morgan fingerprint density at radius 2 is 1.59 bits per heavy atom. The second-order valence-corrected chi connectivity index (χ2v) is 4.66. The molecule has 22 heavy (non-hydrogen) atoms. The van der Waals surface area contributed by atoms with Crippen molar-refractivity contribution in [2.45, 2.75) is 13.5 Å². The summed E-state index contributed by atoms with van der Waals surface area (Å²) in [6, 6.07) is 9.70. The van der Waals surface area contributed by atoms with Crippen molar-refractivity contribution in [1.82, 2.24) is 5.32 Å². The lowest BCUT2D eigenvalue weighted by Crippen LogP contribution is -2.19. The van der Waals surface area contributed by atoms with Gasteiger partial charge in [0.15, 0.2) is 0 Å². The summed E-state index contributed by atoms with van der Waals surface area (Å²) in [7, 11) is 0. The summed E-state index contributed by atoms with van der Waals surface area (Å²) >= 11 is 0. The topological polar surface area (TPSA) is 58.2 Å². The second-order valence-electron chi connectivity index (χ2n) is 4.66. The van der Waals surface area contributed by atoms with Crippen molar-refractivity contribution in [2.75, 3.05) is 5.32 Å². The number of carbonyl (C=O) groups excluding carboxylic acids is 2. The number of anilines is 1. The molecule has 0 saturated carbocycles. The SMILES string of the molecule is CC(=O)NCc1ccc(C(=O)Nc2c(F)cccc2F)cc1. The largest absolute Gasteiger partial charge is 0.352 e. The molecule has 0 radical (unpaired) electrons. The maximum absolute atomic E-state index is 13.5. The first kappa shape index (κ1) is 15.6. The molecule has 0 aliphatic heterocycles. The lowest BCUT2D eigenvalue weighted by Gasteiger charge is -2.08. The van der Waals surface area contributed by atoms with E-state index in [2.05, 4.69) is 10.6 Å². The Balaban J connectivity index is 2.08. The molecule has 0 heterocycles. The van der Waals surface area contributed by atoms with E-state index >= 15 is 0 Å². The molecule has 2 aromatic carbocycles. The Morgan fingerprint density at radius 1 is 1.00 bits per heavy atom. The molecule has 0 spiro atoms. The average Bonchev–Trinajstić information content (AvgIpc) is 2.49. The predicted molar refractivity (Wildman–Crippen MR) is 78.3 cm³/mol. The van der Waals surface area contributed by atoms with Crippen molar-refractivity contribution in [3.8, 4) is 0 Å². The quantitative estimate of drug-likeness (QED) is 0.912. The maximum atomic E-state index is 13.5. The molecule has 0 unspecified atom stereocenters. The van der Waals surface area contributed by atoms with Gasteiger partial charge in [0, 0.05) is 19.0 Å². The van der Waals surface area contributed by atoms with Crippen LogP contribution in [0, 0.1) is 11.6 Å². The van der Waals surface area contributed by atoms with Gasteiger partial charge in [-0.2, -0.15) is 0 Å². The van der Waals surface area contributed by atoms with Crippen molar-refractivity contribution in [3.05, 3.63) is 65.2 Å². The highest BCUT2D eigenvalue weighted by Crippen LogP contribution is 2.19. The van der Waals surface area contributed by atoms with Gasteiger partial charge in [0.25, 0.3) is 5.91 Å². The zero-order valence-electron chi connectivity index (χ0n) is 11.8. The van der Waals surface area contributed by atoms with E-state index in [-0.39, 0.29) is 11.5 Å². The third kappa shape index (κ3) is 3.88. The Labute approximate surface area is 126 Å². The summed E-state index contributed by atoms with van der Waals surface area (Å²) in [6.07, 6.45) is 0. The molecule has 0 aromatic heterocycles. The highest BCUT2D eigenvalue weighted by Gasteiger charge is 2.13. The Bertz CT molecular complexity index is 680. The lowest BCUT2D eigenvalue weighted by molar-refractivity contribution is -0.119. The van der Waals surface area contributed by atoms with Gasteiger partial charge in [-0.15, -0.1) is 0 Å². The zero-order chi connectivity index (χ0) is 16.1. The second kappa shape index (κ2) is 6.80. The first-order valence-corrected chi connectivity index (χ1v) is 6.56. The lowest BCUT2D eigenvalue weighted by atomic mass is 10.1. The standard InChI is InChI=1S/C16H14F2N2O2/c1-10(21)19-9-11-5-7-12(8-6-11)16(22)20-15-13(17)3-2-4-14(15)18/h2-8H,9H2,1H3,(H,19,21)(H,20,22). The van der Waals surface area contributed by atoms with Crippen molar-refractivity contribution in [1.29, 1.82) is 0 Å². The Kier molecular flexibility index (Phi) is 4.83. The van der Waals surface area contributed by atoms with Gasteiger partial charge < -0.3 is 10.6 Å². The molecule has 0 aliphatic carbocycles. The molecule has 0 saturated heterocycles. The zero-order valence-corrected chi connectivity index (χ0v) is 11.8. The number of hydrogen-bond acceptors (Lipinski definition) is 2. The number of rotatable bonds is 4. The molecule has 4 nitrogen and oxygen atoms in total. The van der Waals surface area contributed by atoms with Gasteiger partial charge in [0.2, 0.25) is 5.91 Å². The number of carbonyl (C=O) groups is 2. The third-order valence-corrected chi connectivity index (χ3v) is 2.96. The summed E-state index contributed by atoms with van der Waals surface area (Å²) in [5.74, 6) is -2.45. The minimum absolute atomic E-state index is 0.156. The number of hydrogen-bond donors (Lipinski definition) is 2. The van der Waals surface area contributed by atoms with Crippen LogP contribution in [0.4, 0.5) is 14.5 Å². The van der Waals surface area contributed by atoms with Crippen LogP contribution in [0.25, 0.3) is 0 Å². The molecule has 2 aromatic rings. The maximum Gasteiger partial charge on any atom is 0.255 e. The number of amides is 2. The molecule has 0 bridgehead atoms.